The van der Waals surface area contributed by atoms with Gasteiger partial charge >= 0.3 is 0 Å². The van der Waals surface area contributed by atoms with Gasteiger partial charge in [-0.05, 0) is 0 Å². The Hall–Kier alpha value is -0.780. The predicted molar refractivity (Wildman–Crippen MR) is 32.7 cm³/mol. The Morgan fingerprint density at radius 3 is 1.60 bits per heavy atom. The van der Waals surface area contributed by atoms with Gasteiger partial charge in [0, 0.05) is 12.1 Å². The van der Waals surface area contributed by atoms with Gasteiger partial charge in [-0.25, -0.2) is 4.98 Å². The van der Waals surface area contributed by atoms with Crippen LogP contribution in [0.3, 0.4) is 0 Å². The molecule has 0 amide bonds. The highest BCUT2D eigenvalue weighted by molar-refractivity contribution is 7.72. The normalized spacial score (nSPS) is 8.30. The zero-order valence-electron chi connectivity index (χ0n) is 5.02. The van der Waals surface area contributed by atoms with Crippen molar-refractivity contribution in [2.45, 2.75) is 0 Å². The number of pyridine rings is 1. The Morgan fingerprint density at radius 2 is 1.50 bits per heavy atom. The molecule has 0 unspecified atom stereocenters. The Labute approximate surface area is 61.0 Å². The van der Waals surface area contributed by atoms with Gasteiger partial charge in [-0.2, -0.15) is 0 Å². The van der Waals surface area contributed by atoms with Crippen molar-refractivity contribution in [3.63, 3.8) is 0 Å². The van der Waals surface area contributed by atoms with Crippen LogP contribution in [-0.2, 0) is 11.4 Å². The van der Waals surface area contributed by atoms with Gasteiger partial charge in [0.2, 0.25) is 0 Å². The van der Waals surface area contributed by atoms with Crippen LogP contribution in [-0.4, -0.2) is 13.3 Å². The maximum atomic E-state index is 8.44. The fourth-order valence-corrected chi connectivity index (χ4v) is 0.342. The summed E-state index contributed by atoms with van der Waals surface area (Å²) in [6.07, 6.45) is 3.75. The SMILES string of the molecule is O=S([O-])[O-].c1cc[nH+]cc1. The standard InChI is InChI=1S/C5H5N.H2O3S/c1-2-4-6-5-3-1;1-4(2)3/h1-5H;(H2,1,2,3)/p-1. The number of H-pyrrole nitrogens is 1. The molecule has 0 fully saturated rings. The molecule has 0 aliphatic rings. The van der Waals surface area contributed by atoms with Gasteiger partial charge < -0.3 is 9.11 Å². The molecular formula is C5H6NO3S-. The number of nitrogens with one attached hydrogen (secondary N) is 1. The van der Waals surface area contributed by atoms with E-state index in [4.69, 9.17) is 13.3 Å². The van der Waals surface area contributed by atoms with Crippen LogP contribution < -0.4 is 4.98 Å². The van der Waals surface area contributed by atoms with Gasteiger partial charge in [-0.3, -0.25) is 4.21 Å². The first-order chi connectivity index (χ1) is 4.73. The number of rotatable bonds is 0. The van der Waals surface area contributed by atoms with E-state index in [0.717, 1.165) is 0 Å². The molecule has 1 aromatic rings. The summed E-state index contributed by atoms with van der Waals surface area (Å²) in [5.41, 5.74) is 0. The highest BCUT2D eigenvalue weighted by atomic mass is 32.2. The van der Waals surface area contributed by atoms with Crippen LogP contribution >= 0.6 is 0 Å². The lowest BCUT2D eigenvalue weighted by Gasteiger charge is -2.03. The molecule has 0 saturated carbocycles. The van der Waals surface area contributed by atoms with E-state index in [2.05, 4.69) is 4.98 Å². The minimum Gasteiger partial charge on any atom is -0.784 e. The fourth-order valence-electron chi connectivity index (χ4n) is 0.342. The van der Waals surface area contributed by atoms with Crippen LogP contribution in [0, 0.1) is 0 Å². The summed E-state index contributed by atoms with van der Waals surface area (Å²) in [7, 11) is 0. The van der Waals surface area contributed by atoms with Gasteiger partial charge in [-0.15, -0.1) is 11.4 Å². The average Bonchev–Trinajstić information content (AvgIpc) is 1.90. The number of aromatic nitrogens is 1. The first kappa shape index (κ1) is 9.22. The van der Waals surface area contributed by atoms with E-state index in [0.29, 0.717) is 0 Å². The second kappa shape index (κ2) is 6.34. The summed E-state index contributed by atoms with van der Waals surface area (Å²) in [5, 5.41) is 0. The van der Waals surface area contributed by atoms with E-state index in [1.54, 1.807) is 0 Å². The molecule has 0 aromatic carbocycles. The van der Waals surface area contributed by atoms with Crippen molar-refractivity contribution in [2.24, 2.45) is 0 Å². The molecule has 1 rings (SSSR count). The van der Waals surface area contributed by atoms with Gasteiger partial charge in [0.05, 0.1) is 0 Å². The van der Waals surface area contributed by atoms with Crippen LogP contribution in [0.25, 0.3) is 0 Å². The Bertz CT molecular complexity index is 149. The van der Waals surface area contributed by atoms with Crippen molar-refractivity contribution in [1.82, 2.24) is 0 Å². The molecule has 4 nitrogen and oxygen atoms in total. The molecule has 0 saturated heterocycles. The van der Waals surface area contributed by atoms with Gasteiger partial charge in [-0.1, -0.05) is 6.07 Å². The number of hydrogen-bond acceptors (Lipinski definition) is 3. The highest BCUT2D eigenvalue weighted by Crippen LogP contribution is 1.68. The van der Waals surface area contributed by atoms with Crippen molar-refractivity contribution < 1.29 is 18.3 Å². The van der Waals surface area contributed by atoms with Crippen LogP contribution in [0.2, 0.25) is 0 Å². The van der Waals surface area contributed by atoms with E-state index < -0.39 is 11.4 Å². The van der Waals surface area contributed by atoms with Crippen molar-refractivity contribution >= 4 is 11.4 Å². The van der Waals surface area contributed by atoms with E-state index in [1.807, 2.05) is 30.6 Å². The lowest BCUT2D eigenvalue weighted by atomic mass is 10.5. The third-order valence-electron chi connectivity index (χ3n) is 0.607. The maximum Gasteiger partial charge on any atom is 0.166 e. The lowest BCUT2D eigenvalue weighted by molar-refractivity contribution is -0.377. The van der Waals surface area contributed by atoms with Crippen LogP contribution in [0.5, 0.6) is 0 Å². The van der Waals surface area contributed by atoms with Crippen molar-refractivity contribution in [2.75, 3.05) is 0 Å². The molecule has 0 atom stereocenters. The second-order valence-electron chi connectivity index (χ2n) is 1.28. The summed E-state index contributed by atoms with van der Waals surface area (Å²) >= 11 is -3.11. The van der Waals surface area contributed by atoms with Crippen LogP contribution in [0.1, 0.15) is 0 Å². The van der Waals surface area contributed by atoms with Gasteiger partial charge in [0.25, 0.3) is 0 Å². The Balaban J connectivity index is 0.000000180. The maximum absolute atomic E-state index is 8.44. The summed E-state index contributed by atoms with van der Waals surface area (Å²) in [4.78, 5) is 2.89. The third-order valence-corrected chi connectivity index (χ3v) is 0.607. The fraction of sp³-hybridized carbons (Fsp3) is 0. The molecule has 1 heterocycles. The Kier molecular flexibility index (Phi) is 5.85. The Morgan fingerprint density at radius 1 is 1.10 bits per heavy atom. The largest absolute Gasteiger partial charge is 0.784 e. The predicted octanol–water partition coefficient (Wildman–Crippen LogP) is -0.503. The van der Waals surface area contributed by atoms with E-state index in [1.165, 1.54) is 0 Å². The molecule has 1 N–H and O–H groups in total. The highest BCUT2D eigenvalue weighted by Gasteiger charge is 1.65. The minimum absolute atomic E-state index is 1.88. The number of hydrogen-bond donors (Lipinski definition) is 0. The zero-order valence-corrected chi connectivity index (χ0v) is 5.84. The van der Waals surface area contributed by atoms with Crippen molar-refractivity contribution in [3.05, 3.63) is 30.6 Å². The van der Waals surface area contributed by atoms with Gasteiger partial charge in [0.1, 0.15) is 0 Å². The first-order valence-corrected chi connectivity index (χ1v) is 3.41. The summed E-state index contributed by atoms with van der Waals surface area (Å²) in [5.74, 6) is 0. The second-order valence-corrected chi connectivity index (χ2v) is 1.69. The molecule has 0 radical (unpaired) electrons. The summed E-state index contributed by atoms with van der Waals surface area (Å²) in [6.45, 7) is 0. The first-order valence-electron chi connectivity index (χ1n) is 2.41. The quantitative estimate of drug-likeness (QED) is 0.480. The van der Waals surface area contributed by atoms with Crippen LogP contribution in [0.15, 0.2) is 30.6 Å². The summed E-state index contributed by atoms with van der Waals surface area (Å²) in [6, 6.07) is 5.86. The number of aromatic amines is 1. The van der Waals surface area contributed by atoms with E-state index in [-0.39, 0.29) is 0 Å². The summed E-state index contributed by atoms with van der Waals surface area (Å²) < 4.78 is 25.3. The molecule has 0 aliphatic carbocycles. The topological polar surface area (TPSA) is 77.3 Å². The van der Waals surface area contributed by atoms with E-state index in [9.17, 15) is 0 Å². The van der Waals surface area contributed by atoms with Gasteiger partial charge in [0.15, 0.2) is 12.4 Å². The molecule has 5 heteroatoms. The monoisotopic (exact) mass is 160 g/mol. The molecule has 0 bridgehead atoms. The lowest BCUT2D eigenvalue weighted by Crippen LogP contribution is -1.93. The minimum atomic E-state index is -3.11. The molecule has 1 aromatic heterocycles. The zero-order chi connectivity index (χ0) is 7.82. The van der Waals surface area contributed by atoms with Crippen LogP contribution in [0.4, 0.5) is 0 Å². The third kappa shape index (κ3) is 10.3. The average molecular weight is 160 g/mol. The molecule has 0 aliphatic heterocycles. The van der Waals surface area contributed by atoms with E-state index >= 15 is 0 Å². The van der Waals surface area contributed by atoms with Crippen molar-refractivity contribution in [3.8, 4) is 0 Å². The molecule has 10 heavy (non-hydrogen) atoms. The smallest absolute Gasteiger partial charge is 0.166 e. The molecule has 56 valence electrons. The van der Waals surface area contributed by atoms with Crippen molar-refractivity contribution in [1.29, 1.82) is 0 Å². The molecule has 0 spiro atoms. The molecular weight excluding hydrogens is 154 g/mol.